The summed E-state index contributed by atoms with van der Waals surface area (Å²) in [6.07, 6.45) is 1.84. The lowest BCUT2D eigenvalue weighted by Gasteiger charge is -2.35. The quantitative estimate of drug-likeness (QED) is 0.408. The monoisotopic (exact) mass is 477 g/mol. The average Bonchev–Trinajstić information content (AvgIpc) is 3.20. The number of halogens is 1. The second kappa shape index (κ2) is 8.70. The summed E-state index contributed by atoms with van der Waals surface area (Å²) in [5.74, 6) is 1.30. The van der Waals surface area contributed by atoms with Crippen LogP contribution in [0.4, 0.5) is 5.13 Å². The molecule has 2 aromatic rings. The Morgan fingerprint density at radius 1 is 1.36 bits per heavy atom. The highest BCUT2D eigenvalue weighted by Gasteiger charge is 2.20. The third kappa shape index (κ3) is 4.35. The number of aromatic nitrogens is 3. The molecule has 3 rings (SSSR count). The van der Waals surface area contributed by atoms with Gasteiger partial charge in [0.1, 0.15) is 0 Å². The first kappa shape index (κ1) is 19.8. The van der Waals surface area contributed by atoms with Crippen LogP contribution in [0.1, 0.15) is 11.3 Å². The van der Waals surface area contributed by atoms with Crippen LogP contribution in [0.25, 0.3) is 0 Å². The number of methoxy groups -OCH3 is 1. The Kier molecular flexibility index (Phi) is 6.87. The zero-order valence-electron chi connectivity index (χ0n) is 14.7. The molecule has 25 heavy (non-hydrogen) atoms. The molecule has 1 aliphatic rings. The van der Waals surface area contributed by atoms with Gasteiger partial charge in [-0.1, -0.05) is 0 Å². The van der Waals surface area contributed by atoms with E-state index in [2.05, 4.69) is 24.9 Å². The van der Waals surface area contributed by atoms with Gasteiger partial charge in [0, 0.05) is 44.8 Å². The zero-order chi connectivity index (χ0) is 17.1. The van der Waals surface area contributed by atoms with Crippen molar-refractivity contribution in [3.8, 4) is 5.88 Å². The molecule has 1 saturated heterocycles. The highest BCUT2D eigenvalue weighted by atomic mass is 127. The molecular weight excluding hydrogens is 453 g/mol. The largest absolute Gasteiger partial charge is 0.481 e. The molecule has 0 aliphatic carbocycles. The Balaban J connectivity index is 0.00000225. The summed E-state index contributed by atoms with van der Waals surface area (Å²) < 4.78 is 7.12. The molecule has 1 aliphatic heterocycles. The van der Waals surface area contributed by atoms with E-state index in [4.69, 9.17) is 10.5 Å². The first-order chi connectivity index (χ1) is 11.6. The first-order valence-electron chi connectivity index (χ1n) is 7.86. The molecule has 0 saturated carbocycles. The Morgan fingerprint density at radius 2 is 2.08 bits per heavy atom. The van der Waals surface area contributed by atoms with E-state index in [0.29, 0.717) is 12.5 Å². The maximum atomic E-state index is 6.19. The van der Waals surface area contributed by atoms with Gasteiger partial charge in [-0.2, -0.15) is 5.10 Å². The minimum Gasteiger partial charge on any atom is -0.481 e. The highest BCUT2D eigenvalue weighted by Crippen LogP contribution is 2.22. The van der Waals surface area contributed by atoms with Crippen molar-refractivity contribution < 1.29 is 4.74 Å². The summed E-state index contributed by atoms with van der Waals surface area (Å²) >= 11 is 1.67. The third-order valence-electron chi connectivity index (χ3n) is 4.17. The number of aliphatic imine (C=N–C) groups is 1. The van der Waals surface area contributed by atoms with Gasteiger partial charge in [-0.3, -0.25) is 0 Å². The molecule has 0 radical (unpaired) electrons. The van der Waals surface area contributed by atoms with Crippen LogP contribution < -0.4 is 15.4 Å². The Morgan fingerprint density at radius 3 is 2.68 bits per heavy atom. The van der Waals surface area contributed by atoms with Gasteiger partial charge in [0.2, 0.25) is 5.88 Å². The van der Waals surface area contributed by atoms with E-state index in [0.717, 1.165) is 48.4 Å². The van der Waals surface area contributed by atoms with Crippen LogP contribution in [-0.2, 0) is 13.6 Å². The summed E-state index contributed by atoms with van der Waals surface area (Å²) in [7, 11) is 3.51. The smallest absolute Gasteiger partial charge is 0.216 e. The van der Waals surface area contributed by atoms with Gasteiger partial charge in [0.05, 0.1) is 24.9 Å². The molecule has 0 aromatic carbocycles. The van der Waals surface area contributed by atoms with Crippen molar-refractivity contribution in [3.05, 3.63) is 22.8 Å². The number of hydrogen-bond acceptors (Lipinski definition) is 6. The molecule has 3 heterocycles. The number of anilines is 1. The van der Waals surface area contributed by atoms with E-state index >= 15 is 0 Å². The molecule has 10 heteroatoms. The second-order valence-electron chi connectivity index (χ2n) is 5.66. The maximum Gasteiger partial charge on any atom is 0.216 e. The minimum absolute atomic E-state index is 0. The molecule has 2 aromatic heterocycles. The highest BCUT2D eigenvalue weighted by molar-refractivity contribution is 14.0. The van der Waals surface area contributed by atoms with E-state index in [9.17, 15) is 0 Å². The molecule has 0 atom stereocenters. The Labute approximate surface area is 168 Å². The minimum atomic E-state index is 0. The van der Waals surface area contributed by atoms with E-state index in [1.165, 1.54) is 0 Å². The third-order valence-corrected chi connectivity index (χ3v) is 5.01. The summed E-state index contributed by atoms with van der Waals surface area (Å²) in [5.41, 5.74) is 8.08. The van der Waals surface area contributed by atoms with Crippen molar-refractivity contribution in [2.24, 2.45) is 17.8 Å². The SMILES string of the molecule is COc1c(CN=C(N)N2CCN(c3nccs3)CC2)c(C)nn1C.I. The average molecular weight is 477 g/mol. The lowest BCUT2D eigenvalue weighted by Crippen LogP contribution is -2.51. The van der Waals surface area contributed by atoms with Gasteiger partial charge >= 0.3 is 0 Å². The molecule has 0 spiro atoms. The van der Waals surface area contributed by atoms with Crippen molar-refractivity contribution in [2.45, 2.75) is 13.5 Å². The van der Waals surface area contributed by atoms with Crippen molar-refractivity contribution in [1.29, 1.82) is 0 Å². The van der Waals surface area contributed by atoms with E-state index in [-0.39, 0.29) is 24.0 Å². The number of ether oxygens (including phenoxy) is 1. The summed E-state index contributed by atoms with van der Waals surface area (Å²) in [4.78, 5) is 13.3. The molecule has 0 amide bonds. The molecule has 0 bridgehead atoms. The van der Waals surface area contributed by atoms with Crippen LogP contribution in [0.2, 0.25) is 0 Å². The number of hydrogen-bond donors (Lipinski definition) is 1. The van der Waals surface area contributed by atoms with E-state index in [1.54, 1.807) is 23.1 Å². The molecule has 0 unspecified atom stereocenters. The van der Waals surface area contributed by atoms with Gasteiger partial charge in [0.25, 0.3) is 0 Å². The number of thiazole rings is 1. The standard InChI is InChI=1S/C15H23N7OS.HI/c1-11-12(13(23-3)20(2)19-11)10-18-14(16)21-5-7-22(8-6-21)15-17-4-9-24-15;/h4,9H,5-8,10H2,1-3H3,(H2,16,18);1H. The van der Waals surface area contributed by atoms with E-state index < -0.39 is 0 Å². The van der Waals surface area contributed by atoms with Gasteiger partial charge in [0.15, 0.2) is 11.1 Å². The van der Waals surface area contributed by atoms with Crippen molar-refractivity contribution in [2.75, 3.05) is 38.2 Å². The van der Waals surface area contributed by atoms with Crippen molar-refractivity contribution in [3.63, 3.8) is 0 Å². The van der Waals surface area contributed by atoms with Gasteiger partial charge in [-0.05, 0) is 6.92 Å². The number of aryl methyl sites for hydroxylation is 2. The first-order valence-corrected chi connectivity index (χ1v) is 8.74. The zero-order valence-corrected chi connectivity index (χ0v) is 17.8. The number of piperazine rings is 1. The summed E-state index contributed by atoms with van der Waals surface area (Å²) in [6.45, 7) is 5.92. The number of nitrogens with zero attached hydrogens (tertiary/aromatic N) is 6. The summed E-state index contributed by atoms with van der Waals surface area (Å²) in [5, 5.41) is 7.44. The van der Waals surface area contributed by atoms with Crippen molar-refractivity contribution in [1.82, 2.24) is 19.7 Å². The predicted octanol–water partition coefficient (Wildman–Crippen LogP) is 1.45. The molecule has 8 nitrogen and oxygen atoms in total. The van der Waals surface area contributed by atoms with Crippen molar-refractivity contribution >= 4 is 46.4 Å². The Hall–Kier alpha value is -1.56. The van der Waals surface area contributed by atoms with Crippen LogP contribution >= 0.6 is 35.3 Å². The fourth-order valence-corrected chi connectivity index (χ4v) is 3.57. The van der Waals surface area contributed by atoms with Gasteiger partial charge in [-0.25, -0.2) is 14.7 Å². The Bertz CT molecular complexity index is 708. The van der Waals surface area contributed by atoms with Gasteiger partial charge < -0.3 is 20.3 Å². The lowest BCUT2D eigenvalue weighted by atomic mass is 10.2. The normalized spacial score (nSPS) is 15.2. The second-order valence-corrected chi connectivity index (χ2v) is 6.53. The number of rotatable bonds is 4. The van der Waals surface area contributed by atoms with E-state index in [1.807, 2.05) is 25.5 Å². The number of guanidine groups is 1. The maximum absolute atomic E-state index is 6.19. The van der Waals surface area contributed by atoms with Gasteiger partial charge in [-0.15, -0.1) is 35.3 Å². The molecule has 138 valence electrons. The molecular formula is C15H24IN7OS. The number of nitrogens with two attached hydrogens (primary N) is 1. The molecule has 1 fully saturated rings. The van der Waals surface area contributed by atoms with Crippen LogP contribution in [0, 0.1) is 6.92 Å². The molecule has 2 N–H and O–H groups in total. The van der Waals surface area contributed by atoms with Crippen LogP contribution in [0.3, 0.4) is 0 Å². The topological polar surface area (TPSA) is 84.8 Å². The van der Waals surface area contributed by atoms with Crippen LogP contribution in [-0.4, -0.2) is 58.9 Å². The fraction of sp³-hybridized carbons (Fsp3) is 0.533. The van der Waals surface area contributed by atoms with Crippen LogP contribution in [0.5, 0.6) is 5.88 Å². The lowest BCUT2D eigenvalue weighted by molar-refractivity contribution is 0.368. The van der Waals surface area contributed by atoms with Crippen LogP contribution in [0.15, 0.2) is 16.6 Å². The fourth-order valence-electron chi connectivity index (χ4n) is 2.88. The predicted molar refractivity (Wildman–Crippen MR) is 111 cm³/mol. The summed E-state index contributed by atoms with van der Waals surface area (Å²) in [6, 6.07) is 0.